The molecule has 0 aliphatic carbocycles. The average Bonchev–Trinajstić information content (AvgIpc) is 2.65. The van der Waals surface area contributed by atoms with Gasteiger partial charge in [-0.05, 0) is 47.2 Å². The molecule has 152 valence electrons. The number of benzene rings is 3. The van der Waals surface area contributed by atoms with Crippen LogP contribution in [-0.2, 0) is 10.1 Å². The molecule has 0 atom stereocenters. The maximum Gasteiger partial charge on any atom is 0.295 e. The number of phenolic OH excluding ortho intramolecular Hbond substituents is 1. The minimum absolute atomic E-state index is 0.123. The van der Waals surface area contributed by atoms with Crippen LogP contribution >= 0.6 is 0 Å². The van der Waals surface area contributed by atoms with Crippen molar-refractivity contribution in [2.24, 2.45) is 10.2 Å². The third-order valence-corrected chi connectivity index (χ3v) is 5.72. The Kier molecular flexibility index (Phi) is 5.73. The van der Waals surface area contributed by atoms with Crippen LogP contribution in [0.15, 0.2) is 63.7 Å². The Balaban J connectivity index is 2.13. The molecule has 0 spiro atoms. The molecule has 0 heterocycles. The van der Waals surface area contributed by atoms with Gasteiger partial charge in [-0.1, -0.05) is 52.0 Å². The van der Waals surface area contributed by atoms with Crippen molar-refractivity contribution >= 4 is 32.3 Å². The molecule has 3 aromatic carbocycles. The smallest absolute Gasteiger partial charge is 0.295 e. The van der Waals surface area contributed by atoms with Gasteiger partial charge in [-0.2, -0.15) is 13.5 Å². The van der Waals surface area contributed by atoms with Crippen LogP contribution in [0, 0.1) is 0 Å². The molecule has 0 saturated heterocycles. The van der Waals surface area contributed by atoms with Crippen molar-refractivity contribution in [3.8, 4) is 5.75 Å². The summed E-state index contributed by atoms with van der Waals surface area (Å²) >= 11 is 0. The van der Waals surface area contributed by atoms with E-state index in [9.17, 15) is 18.1 Å². The standard InChI is InChI=1S/C22H24N2O4S/c1-13(2)18-11-15(12-19(14(3)4)22(18)25)23-24-20-9-5-8-17-16(20)7-6-10-21(17)29(26,27)28/h5-14,25H,1-4H3,(H,26,27,28). The van der Waals surface area contributed by atoms with Crippen LogP contribution in [0.2, 0.25) is 0 Å². The minimum atomic E-state index is -4.35. The number of hydrogen-bond donors (Lipinski definition) is 2. The number of nitrogens with zero attached hydrogens (tertiary/aromatic N) is 2. The van der Waals surface area contributed by atoms with Crippen molar-refractivity contribution < 1.29 is 18.1 Å². The summed E-state index contributed by atoms with van der Waals surface area (Å²) in [5.74, 6) is 0.534. The Hall–Kier alpha value is -2.77. The zero-order valence-corrected chi connectivity index (χ0v) is 17.6. The SMILES string of the molecule is CC(C)c1cc(N=Nc2cccc3c(S(=O)(=O)O)cccc23)cc(C(C)C)c1O. The van der Waals surface area contributed by atoms with E-state index in [-0.39, 0.29) is 22.5 Å². The first-order valence-corrected chi connectivity index (χ1v) is 10.8. The molecule has 3 rings (SSSR count). The van der Waals surface area contributed by atoms with Gasteiger partial charge in [0, 0.05) is 10.8 Å². The molecule has 3 aromatic rings. The van der Waals surface area contributed by atoms with E-state index in [1.54, 1.807) is 30.3 Å². The summed E-state index contributed by atoms with van der Waals surface area (Å²) in [6, 6.07) is 13.3. The Morgan fingerprint density at radius 2 is 1.38 bits per heavy atom. The van der Waals surface area contributed by atoms with Crippen LogP contribution in [0.4, 0.5) is 11.4 Å². The van der Waals surface area contributed by atoms with Gasteiger partial charge in [0.05, 0.1) is 11.4 Å². The highest BCUT2D eigenvalue weighted by Gasteiger charge is 2.16. The second-order valence-electron chi connectivity index (χ2n) is 7.59. The predicted octanol–water partition coefficient (Wildman–Crippen LogP) is 6.45. The van der Waals surface area contributed by atoms with E-state index in [1.807, 2.05) is 39.8 Å². The molecule has 29 heavy (non-hydrogen) atoms. The number of aromatic hydroxyl groups is 1. The summed E-state index contributed by atoms with van der Waals surface area (Å²) in [6.07, 6.45) is 0. The molecule has 0 amide bonds. The van der Waals surface area contributed by atoms with E-state index in [0.717, 1.165) is 11.1 Å². The Bertz CT molecular complexity index is 1170. The van der Waals surface area contributed by atoms with Crippen LogP contribution in [0.25, 0.3) is 10.8 Å². The third kappa shape index (κ3) is 4.31. The molecule has 0 aromatic heterocycles. The Morgan fingerprint density at radius 3 is 1.93 bits per heavy atom. The highest BCUT2D eigenvalue weighted by atomic mass is 32.2. The summed E-state index contributed by atoms with van der Waals surface area (Å²) in [7, 11) is -4.35. The predicted molar refractivity (Wildman–Crippen MR) is 114 cm³/mol. The number of azo groups is 1. The van der Waals surface area contributed by atoms with Crippen molar-refractivity contribution in [3.05, 3.63) is 59.7 Å². The molecular weight excluding hydrogens is 388 g/mol. The lowest BCUT2D eigenvalue weighted by molar-refractivity contribution is 0.454. The van der Waals surface area contributed by atoms with Crippen LogP contribution < -0.4 is 0 Å². The number of phenols is 1. The molecule has 0 radical (unpaired) electrons. The van der Waals surface area contributed by atoms with Crippen molar-refractivity contribution in [1.29, 1.82) is 0 Å². The molecule has 0 aliphatic rings. The van der Waals surface area contributed by atoms with E-state index < -0.39 is 10.1 Å². The normalized spacial score (nSPS) is 12.5. The van der Waals surface area contributed by atoms with Crippen LogP contribution in [0.3, 0.4) is 0 Å². The maximum atomic E-state index is 11.6. The molecule has 0 saturated carbocycles. The van der Waals surface area contributed by atoms with Crippen molar-refractivity contribution in [2.75, 3.05) is 0 Å². The summed E-state index contributed by atoms with van der Waals surface area (Å²) in [5.41, 5.74) is 2.70. The van der Waals surface area contributed by atoms with E-state index >= 15 is 0 Å². The molecule has 0 unspecified atom stereocenters. The fourth-order valence-electron chi connectivity index (χ4n) is 3.29. The summed E-state index contributed by atoms with van der Waals surface area (Å²) in [4.78, 5) is -0.166. The van der Waals surface area contributed by atoms with Gasteiger partial charge >= 0.3 is 0 Å². The van der Waals surface area contributed by atoms with Crippen molar-refractivity contribution in [3.63, 3.8) is 0 Å². The minimum Gasteiger partial charge on any atom is -0.507 e. The molecule has 2 N–H and O–H groups in total. The molecule has 7 heteroatoms. The van der Waals surface area contributed by atoms with Gasteiger partial charge in [-0.3, -0.25) is 4.55 Å². The van der Waals surface area contributed by atoms with Gasteiger partial charge in [0.2, 0.25) is 0 Å². The van der Waals surface area contributed by atoms with Gasteiger partial charge < -0.3 is 5.11 Å². The third-order valence-electron chi connectivity index (χ3n) is 4.81. The van der Waals surface area contributed by atoms with Gasteiger partial charge in [-0.25, -0.2) is 0 Å². The zero-order chi connectivity index (χ0) is 21.3. The fraction of sp³-hybridized carbons (Fsp3) is 0.273. The second-order valence-corrected chi connectivity index (χ2v) is 8.98. The monoisotopic (exact) mass is 412 g/mol. The van der Waals surface area contributed by atoms with Crippen molar-refractivity contribution in [2.45, 2.75) is 44.4 Å². The van der Waals surface area contributed by atoms with E-state index in [1.165, 1.54) is 6.07 Å². The first-order chi connectivity index (χ1) is 13.6. The van der Waals surface area contributed by atoms with Gasteiger partial charge in [0.25, 0.3) is 10.1 Å². The number of hydrogen-bond acceptors (Lipinski definition) is 5. The fourth-order valence-corrected chi connectivity index (χ4v) is 4.00. The molecular formula is C22H24N2O4S. The summed E-state index contributed by atoms with van der Waals surface area (Å²) < 4.78 is 32.8. The molecule has 0 aliphatic heterocycles. The highest BCUT2D eigenvalue weighted by molar-refractivity contribution is 7.86. The zero-order valence-electron chi connectivity index (χ0n) is 16.8. The van der Waals surface area contributed by atoms with E-state index in [0.29, 0.717) is 22.1 Å². The van der Waals surface area contributed by atoms with Crippen LogP contribution in [0.5, 0.6) is 5.75 Å². The molecule has 6 nitrogen and oxygen atoms in total. The summed E-state index contributed by atoms with van der Waals surface area (Å²) in [5, 5.41) is 20.2. The van der Waals surface area contributed by atoms with Crippen LogP contribution in [-0.4, -0.2) is 18.1 Å². The van der Waals surface area contributed by atoms with Crippen molar-refractivity contribution in [1.82, 2.24) is 0 Å². The second kappa shape index (κ2) is 7.93. The van der Waals surface area contributed by atoms with Crippen LogP contribution in [0.1, 0.15) is 50.7 Å². The lowest BCUT2D eigenvalue weighted by atomic mass is 9.93. The highest BCUT2D eigenvalue weighted by Crippen LogP contribution is 2.38. The number of fused-ring (bicyclic) bond motifs is 1. The average molecular weight is 413 g/mol. The largest absolute Gasteiger partial charge is 0.507 e. The summed E-state index contributed by atoms with van der Waals surface area (Å²) in [6.45, 7) is 8.01. The first kappa shape index (κ1) is 21.0. The van der Waals surface area contributed by atoms with E-state index in [4.69, 9.17) is 0 Å². The molecule has 0 fully saturated rings. The van der Waals surface area contributed by atoms with E-state index in [2.05, 4.69) is 10.2 Å². The van der Waals surface area contributed by atoms with Gasteiger partial charge in [0.15, 0.2) is 0 Å². The first-order valence-electron chi connectivity index (χ1n) is 9.37. The Morgan fingerprint density at radius 1 is 0.828 bits per heavy atom. The topological polar surface area (TPSA) is 99.3 Å². The quantitative estimate of drug-likeness (QED) is 0.371. The maximum absolute atomic E-state index is 11.6. The molecule has 0 bridgehead atoms. The Labute approximate surface area is 170 Å². The number of rotatable bonds is 5. The van der Waals surface area contributed by atoms with Gasteiger partial charge in [0.1, 0.15) is 10.6 Å². The van der Waals surface area contributed by atoms with Gasteiger partial charge in [-0.15, -0.1) is 5.11 Å². The lowest BCUT2D eigenvalue weighted by Crippen LogP contribution is -1.98. The lowest BCUT2D eigenvalue weighted by Gasteiger charge is -2.15.